The van der Waals surface area contributed by atoms with E-state index in [0.717, 1.165) is 5.57 Å². The van der Waals surface area contributed by atoms with Crippen LogP contribution in [0.4, 0.5) is 0 Å². The Bertz CT molecular complexity index is 535. The molecule has 0 saturated heterocycles. The van der Waals surface area contributed by atoms with Crippen LogP contribution in [-0.4, -0.2) is 38.7 Å². The third kappa shape index (κ3) is 6.78. The van der Waals surface area contributed by atoms with Crippen molar-refractivity contribution in [2.45, 2.75) is 13.8 Å². The van der Waals surface area contributed by atoms with Gasteiger partial charge in [0.1, 0.15) is 6.61 Å². The Labute approximate surface area is 130 Å². The third-order valence-electron chi connectivity index (χ3n) is 2.50. The zero-order chi connectivity index (χ0) is 16.4. The molecule has 0 aliphatic rings. The van der Waals surface area contributed by atoms with Gasteiger partial charge in [0.2, 0.25) is 0 Å². The third-order valence-corrected chi connectivity index (χ3v) is 2.50. The van der Waals surface area contributed by atoms with Gasteiger partial charge in [-0.2, -0.15) is 0 Å². The number of carbonyl (C=O) groups is 2. The minimum absolute atomic E-state index is 0.286. The second-order valence-corrected chi connectivity index (χ2v) is 4.68. The fourth-order valence-electron chi connectivity index (χ4n) is 1.55. The van der Waals surface area contributed by atoms with Gasteiger partial charge in [0.05, 0.1) is 13.7 Å². The average molecular weight is 307 g/mol. The maximum Gasteiger partial charge on any atom is 0.331 e. The minimum Gasteiger partial charge on any atom is -0.493 e. The molecule has 0 heterocycles. The summed E-state index contributed by atoms with van der Waals surface area (Å²) < 4.78 is 15.4. The van der Waals surface area contributed by atoms with E-state index in [1.165, 1.54) is 6.08 Å². The lowest BCUT2D eigenvalue weighted by Crippen LogP contribution is -2.32. The van der Waals surface area contributed by atoms with Crippen molar-refractivity contribution in [1.29, 1.82) is 0 Å². The summed E-state index contributed by atoms with van der Waals surface area (Å²) in [5.41, 5.74) is 0.815. The molecule has 0 saturated carbocycles. The van der Waals surface area contributed by atoms with Crippen LogP contribution in [0.3, 0.4) is 0 Å². The number of amides is 1. The van der Waals surface area contributed by atoms with Crippen molar-refractivity contribution in [3.05, 3.63) is 35.9 Å². The number of hydrogen-bond donors (Lipinski definition) is 1. The number of para-hydroxylation sites is 2. The standard InChI is InChI=1S/C16H21NO5/c1-12(2)10-16(19)22-11-15(18)17-8-9-21-14-7-5-4-6-13(14)20-3/h4-7,10H,8-9,11H2,1-3H3,(H,17,18). The molecule has 1 rings (SSSR count). The van der Waals surface area contributed by atoms with E-state index in [9.17, 15) is 9.59 Å². The number of ether oxygens (including phenoxy) is 3. The van der Waals surface area contributed by atoms with Crippen molar-refractivity contribution in [2.24, 2.45) is 0 Å². The van der Waals surface area contributed by atoms with E-state index in [-0.39, 0.29) is 19.1 Å². The number of methoxy groups -OCH3 is 1. The lowest BCUT2D eigenvalue weighted by atomic mass is 10.3. The van der Waals surface area contributed by atoms with E-state index in [4.69, 9.17) is 14.2 Å². The van der Waals surface area contributed by atoms with Crippen molar-refractivity contribution >= 4 is 11.9 Å². The first-order chi connectivity index (χ1) is 10.5. The van der Waals surface area contributed by atoms with Gasteiger partial charge < -0.3 is 19.5 Å². The molecular weight excluding hydrogens is 286 g/mol. The summed E-state index contributed by atoms with van der Waals surface area (Å²) in [6, 6.07) is 7.24. The Morgan fingerprint density at radius 3 is 2.50 bits per heavy atom. The van der Waals surface area contributed by atoms with Crippen molar-refractivity contribution in [3.63, 3.8) is 0 Å². The number of nitrogens with one attached hydrogen (secondary N) is 1. The van der Waals surface area contributed by atoms with Crippen LogP contribution in [-0.2, 0) is 14.3 Å². The lowest BCUT2D eigenvalue weighted by Gasteiger charge is -2.10. The minimum atomic E-state index is -0.527. The van der Waals surface area contributed by atoms with Crippen molar-refractivity contribution in [2.75, 3.05) is 26.9 Å². The van der Waals surface area contributed by atoms with Gasteiger partial charge in [-0.15, -0.1) is 0 Å². The summed E-state index contributed by atoms with van der Waals surface area (Å²) in [5, 5.41) is 2.60. The van der Waals surface area contributed by atoms with Crippen molar-refractivity contribution in [3.8, 4) is 11.5 Å². The van der Waals surface area contributed by atoms with Crippen molar-refractivity contribution < 1.29 is 23.8 Å². The molecule has 6 nitrogen and oxygen atoms in total. The number of hydrogen-bond acceptors (Lipinski definition) is 5. The molecule has 0 atom stereocenters. The van der Waals surface area contributed by atoms with Gasteiger partial charge in [0, 0.05) is 6.08 Å². The molecule has 0 aromatic heterocycles. The summed E-state index contributed by atoms with van der Waals surface area (Å²) in [6.45, 7) is 3.83. The number of benzene rings is 1. The first-order valence-corrected chi connectivity index (χ1v) is 6.87. The number of carbonyl (C=O) groups excluding carboxylic acids is 2. The van der Waals surface area contributed by atoms with Crippen LogP contribution >= 0.6 is 0 Å². The van der Waals surface area contributed by atoms with E-state index in [0.29, 0.717) is 18.0 Å². The molecule has 0 bridgehead atoms. The molecule has 120 valence electrons. The van der Waals surface area contributed by atoms with Gasteiger partial charge in [0.15, 0.2) is 18.1 Å². The molecule has 0 aliphatic heterocycles. The maximum atomic E-state index is 11.5. The molecule has 0 radical (unpaired) electrons. The first kappa shape index (κ1) is 17.6. The fourth-order valence-corrected chi connectivity index (χ4v) is 1.55. The first-order valence-electron chi connectivity index (χ1n) is 6.87. The highest BCUT2D eigenvalue weighted by molar-refractivity contribution is 5.86. The molecule has 22 heavy (non-hydrogen) atoms. The molecule has 0 fully saturated rings. The van der Waals surface area contributed by atoms with Gasteiger partial charge >= 0.3 is 5.97 Å². The number of allylic oxidation sites excluding steroid dienone is 1. The molecule has 0 aliphatic carbocycles. The highest BCUT2D eigenvalue weighted by atomic mass is 16.5. The van der Waals surface area contributed by atoms with Gasteiger partial charge in [0.25, 0.3) is 5.91 Å². The summed E-state index contributed by atoms with van der Waals surface area (Å²) >= 11 is 0. The monoisotopic (exact) mass is 307 g/mol. The summed E-state index contributed by atoms with van der Waals surface area (Å²) in [6.07, 6.45) is 1.33. The largest absolute Gasteiger partial charge is 0.493 e. The van der Waals surface area contributed by atoms with Crippen molar-refractivity contribution in [1.82, 2.24) is 5.32 Å². The highest BCUT2D eigenvalue weighted by Crippen LogP contribution is 2.25. The van der Waals surface area contributed by atoms with Gasteiger partial charge in [-0.25, -0.2) is 4.79 Å². The molecule has 0 unspecified atom stereocenters. The Kier molecular flexibility index (Phi) is 7.53. The van der Waals surface area contributed by atoms with Gasteiger partial charge in [-0.05, 0) is 26.0 Å². The average Bonchev–Trinajstić information content (AvgIpc) is 2.49. The molecule has 1 aromatic rings. The van der Waals surface area contributed by atoms with E-state index in [2.05, 4.69) is 5.32 Å². The summed E-state index contributed by atoms with van der Waals surface area (Å²) in [4.78, 5) is 22.7. The SMILES string of the molecule is COc1ccccc1OCCNC(=O)COC(=O)C=C(C)C. The van der Waals surface area contributed by atoms with Crippen LogP contribution in [0.5, 0.6) is 11.5 Å². The second kappa shape index (κ2) is 9.44. The smallest absolute Gasteiger partial charge is 0.331 e. The topological polar surface area (TPSA) is 73.9 Å². The predicted molar refractivity (Wildman–Crippen MR) is 81.9 cm³/mol. The predicted octanol–water partition coefficient (Wildman–Crippen LogP) is 1.70. The molecule has 1 N–H and O–H groups in total. The van der Waals surface area contributed by atoms with Crippen LogP contribution < -0.4 is 14.8 Å². The quantitative estimate of drug-likeness (QED) is 0.449. The molecule has 6 heteroatoms. The van der Waals surface area contributed by atoms with E-state index in [1.807, 2.05) is 12.1 Å². The Balaban J connectivity index is 2.23. The Hall–Kier alpha value is -2.50. The summed E-state index contributed by atoms with van der Waals surface area (Å²) in [7, 11) is 1.56. The second-order valence-electron chi connectivity index (χ2n) is 4.68. The van der Waals surface area contributed by atoms with E-state index < -0.39 is 5.97 Å². The van der Waals surface area contributed by atoms with Crippen LogP contribution in [0, 0.1) is 0 Å². The Morgan fingerprint density at radius 2 is 1.86 bits per heavy atom. The van der Waals surface area contributed by atoms with Crippen LogP contribution in [0.15, 0.2) is 35.9 Å². The highest BCUT2D eigenvalue weighted by Gasteiger charge is 2.06. The molecule has 1 aromatic carbocycles. The molecule has 0 spiro atoms. The van der Waals surface area contributed by atoms with Crippen LogP contribution in [0.1, 0.15) is 13.8 Å². The zero-order valence-corrected chi connectivity index (χ0v) is 13.0. The van der Waals surface area contributed by atoms with Gasteiger partial charge in [-0.3, -0.25) is 4.79 Å². The Morgan fingerprint density at radius 1 is 1.18 bits per heavy atom. The van der Waals surface area contributed by atoms with E-state index in [1.54, 1.807) is 33.1 Å². The van der Waals surface area contributed by atoms with Crippen LogP contribution in [0.25, 0.3) is 0 Å². The lowest BCUT2D eigenvalue weighted by molar-refractivity contribution is -0.143. The normalized spacial score (nSPS) is 9.59. The molecule has 1 amide bonds. The van der Waals surface area contributed by atoms with Crippen LogP contribution in [0.2, 0.25) is 0 Å². The fraction of sp³-hybridized carbons (Fsp3) is 0.375. The number of rotatable bonds is 8. The number of esters is 1. The molecular formula is C16H21NO5. The maximum absolute atomic E-state index is 11.5. The zero-order valence-electron chi connectivity index (χ0n) is 13.0. The van der Waals surface area contributed by atoms with E-state index >= 15 is 0 Å². The van der Waals surface area contributed by atoms with Gasteiger partial charge in [-0.1, -0.05) is 17.7 Å². The summed E-state index contributed by atoms with van der Waals surface area (Å²) in [5.74, 6) is 0.332.